The first-order chi connectivity index (χ1) is 15.2. The summed E-state index contributed by atoms with van der Waals surface area (Å²) >= 11 is 0. The van der Waals surface area contributed by atoms with E-state index in [2.05, 4.69) is 26.2 Å². The van der Waals surface area contributed by atoms with Crippen molar-refractivity contribution in [2.24, 2.45) is 17.8 Å². The largest absolute Gasteiger partial charge is 0.354 e. The Kier molecular flexibility index (Phi) is 4.71. The fourth-order valence-corrected chi connectivity index (χ4v) is 4.96. The van der Waals surface area contributed by atoms with Crippen molar-refractivity contribution in [1.29, 1.82) is 0 Å². The van der Waals surface area contributed by atoms with E-state index in [-0.39, 0.29) is 42.0 Å². The van der Waals surface area contributed by atoms with E-state index in [1.807, 2.05) is 6.92 Å². The minimum Gasteiger partial charge on any atom is -0.354 e. The van der Waals surface area contributed by atoms with Crippen LogP contribution < -0.4 is 10.6 Å². The van der Waals surface area contributed by atoms with Crippen LogP contribution in [0.25, 0.3) is 0 Å². The molecule has 32 heavy (non-hydrogen) atoms. The van der Waals surface area contributed by atoms with E-state index in [0.29, 0.717) is 32.5 Å². The maximum absolute atomic E-state index is 12.9. The van der Waals surface area contributed by atoms with Gasteiger partial charge >= 0.3 is 6.03 Å². The van der Waals surface area contributed by atoms with Crippen molar-refractivity contribution in [3.63, 3.8) is 0 Å². The molecular formula is C20H28N8O4. The first-order valence-electron chi connectivity index (χ1n) is 11.2. The van der Waals surface area contributed by atoms with Crippen LogP contribution in [0.5, 0.6) is 0 Å². The zero-order valence-electron chi connectivity index (χ0n) is 18.3. The fraction of sp³-hybridized carbons (Fsp3) is 0.750. The number of carbonyl (C=O) groups is 4. The second-order valence-electron chi connectivity index (χ2n) is 9.83. The fourth-order valence-electron chi connectivity index (χ4n) is 4.96. The zero-order chi connectivity index (χ0) is 22.7. The van der Waals surface area contributed by atoms with Crippen LogP contribution in [0.1, 0.15) is 39.5 Å². The SMILES string of the molecule is CC1CN(C(=O)CN2C(=O)NC(C)(C3CC3)C2=O)CC1CNC(=O)C1(n2cnnn2)CC1. The van der Waals surface area contributed by atoms with Gasteiger partial charge in [-0.05, 0) is 60.8 Å². The van der Waals surface area contributed by atoms with Crippen LogP contribution in [0.4, 0.5) is 4.79 Å². The lowest BCUT2D eigenvalue weighted by atomic mass is 9.96. The van der Waals surface area contributed by atoms with Crippen LogP contribution in [-0.4, -0.2) is 85.5 Å². The summed E-state index contributed by atoms with van der Waals surface area (Å²) in [4.78, 5) is 53.5. The third kappa shape index (κ3) is 3.32. The third-order valence-electron chi connectivity index (χ3n) is 7.57. The van der Waals surface area contributed by atoms with Crippen molar-refractivity contribution in [3.8, 4) is 0 Å². The Morgan fingerprint density at radius 2 is 2.00 bits per heavy atom. The molecule has 2 saturated carbocycles. The average molecular weight is 444 g/mol. The molecule has 4 fully saturated rings. The van der Waals surface area contributed by atoms with Crippen LogP contribution in [-0.2, 0) is 19.9 Å². The van der Waals surface area contributed by atoms with E-state index < -0.39 is 17.1 Å². The van der Waals surface area contributed by atoms with Gasteiger partial charge in [-0.25, -0.2) is 9.48 Å². The van der Waals surface area contributed by atoms with Gasteiger partial charge in [0.1, 0.15) is 23.9 Å². The number of aromatic nitrogens is 4. The highest BCUT2D eigenvalue weighted by Gasteiger charge is 2.56. The second kappa shape index (κ2) is 7.24. The van der Waals surface area contributed by atoms with Crippen LogP contribution in [0.15, 0.2) is 6.33 Å². The summed E-state index contributed by atoms with van der Waals surface area (Å²) in [6.07, 6.45) is 4.67. The maximum atomic E-state index is 12.9. The predicted octanol–water partition coefficient (Wildman–Crippen LogP) is -0.907. The molecule has 2 aliphatic heterocycles. The van der Waals surface area contributed by atoms with Gasteiger partial charge in [-0.3, -0.25) is 19.3 Å². The molecule has 2 aliphatic carbocycles. The molecule has 3 atom stereocenters. The van der Waals surface area contributed by atoms with E-state index in [0.717, 1.165) is 17.7 Å². The Bertz CT molecular complexity index is 957. The molecule has 4 aliphatic rings. The molecule has 0 bridgehead atoms. The van der Waals surface area contributed by atoms with Crippen molar-refractivity contribution in [2.75, 3.05) is 26.2 Å². The minimum absolute atomic E-state index is 0.0902. The number of carbonyl (C=O) groups excluding carboxylic acids is 4. The Labute approximate surface area is 185 Å². The summed E-state index contributed by atoms with van der Waals surface area (Å²) in [7, 11) is 0. The van der Waals surface area contributed by atoms with E-state index in [9.17, 15) is 19.2 Å². The number of likely N-dealkylation sites (tertiary alicyclic amines) is 1. The molecule has 3 unspecified atom stereocenters. The smallest absolute Gasteiger partial charge is 0.325 e. The number of nitrogens with one attached hydrogen (secondary N) is 2. The highest BCUT2D eigenvalue weighted by atomic mass is 16.2. The van der Waals surface area contributed by atoms with Gasteiger partial charge in [-0.2, -0.15) is 0 Å². The molecule has 172 valence electrons. The topological polar surface area (TPSA) is 142 Å². The Morgan fingerprint density at radius 1 is 1.25 bits per heavy atom. The lowest BCUT2D eigenvalue weighted by Gasteiger charge is -2.22. The van der Waals surface area contributed by atoms with Gasteiger partial charge in [-0.15, -0.1) is 5.10 Å². The number of urea groups is 1. The van der Waals surface area contributed by atoms with Crippen LogP contribution in [0, 0.1) is 17.8 Å². The number of nitrogens with zero attached hydrogens (tertiary/aromatic N) is 6. The molecule has 12 heteroatoms. The van der Waals surface area contributed by atoms with Crippen LogP contribution >= 0.6 is 0 Å². The Balaban J connectivity index is 1.15. The van der Waals surface area contributed by atoms with Gasteiger partial charge in [0.05, 0.1) is 0 Å². The molecule has 0 radical (unpaired) electrons. The third-order valence-corrected chi connectivity index (χ3v) is 7.57. The number of tetrazole rings is 1. The predicted molar refractivity (Wildman–Crippen MR) is 109 cm³/mol. The molecule has 3 heterocycles. The molecule has 2 saturated heterocycles. The molecular weight excluding hydrogens is 416 g/mol. The molecule has 1 aromatic rings. The monoisotopic (exact) mass is 444 g/mol. The van der Waals surface area contributed by atoms with Crippen LogP contribution in [0.2, 0.25) is 0 Å². The Morgan fingerprint density at radius 3 is 2.62 bits per heavy atom. The molecule has 0 spiro atoms. The van der Waals surface area contributed by atoms with Gasteiger partial charge < -0.3 is 15.5 Å². The van der Waals surface area contributed by atoms with E-state index in [1.54, 1.807) is 11.8 Å². The molecule has 2 N–H and O–H groups in total. The highest BCUT2D eigenvalue weighted by molar-refractivity contribution is 6.09. The van der Waals surface area contributed by atoms with E-state index in [4.69, 9.17) is 0 Å². The second-order valence-corrected chi connectivity index (χ2v) is 9.83. The number of amides is 5. The first-order valence-corrected chi connectivity index (χ1v) is 11.2. The normalized spacial score (nSPS) is 31.1. The van der Waals surface area contributed by atoms with Crippen molar-refractivity contribution < 1.29 is 19.2 Å². The van der Waals surface area contributed by atoms with Gasteiger partial charge in [0.2, 0.25) is 11.8 Å². The van der Waals surface area contributed by atoms with E-state index >= 15 is 0 Å². The summed E-state index contributed by atoms with van der Waals surface area (Å²) in [5.41, 5.74) is -1.58. The minimum atomic E-state index is -0.888. The maximum Gasteiger partial charge on any atom is 0.325 e. The Hall–Kier alpha value is -3.05. The summed E-state index contributed by atoms with van der Waals surface area (Å²) in [6.45, 7) is 4.98. The zero-order valence-corrected chi connectivity index (χ0v) is 18.3. The van der Waals surface area contributed by atoms with Gasteiger partial charge in [-0.1, -0.05) is 6.92 Å². The molecule has 12 nitrogen and oxygen atoms in total. The van der Waals surface area contributed by atoms with Crippen LogP contribution in [0.3, 0.4) is 0 Å². The highest BCUT2D eigenvalue weighted by Crippen LogP contribution is 2.43. The van der Waals surface area contributed by atoms with Gasteiger partial charge in [0.25, 0.3) is 5.91 Å². The molecule has 1 aromatic heterocycles. The van der Waals surface area contributed by atoms with Crippen molar-refractivity contribution in [2.45, 2.75) is 50.6 Å². The summed E-state index contributed by atoms with van der Waals surface area (Å²) in [5.74, 6) is -0.245. The van der Waals surface area contributed by atoms with E-state index in [1.165, 1.54) is 11.0 Å². The van der Waals surface area contributed by atoms with Crippen molar-refractivity contribution >= 4 is 23.8 Å². The summed E-state index contributed by atoms with van der Waals surface area (Å²) in [6, 6.07) is -0.494. The molecule has 0 aromatic carbocycles. The molecule has 5 rings (SSSR count). The lowest BCUT2D eigenvalue weighted by molar-refractivity contribution is -0.138. The first kappa shape index (κ1) is 20.8. The average Bonchev–Trinajstić information content (AvgIpc) is 3.67. The molecule has 5 amide bonds. The summed E-state index contributed by atoms with van der Waals surface area (Å²) in [5, 5.41) is 16.9. The quantitative estimate of drug-likeness (QED) is 0.519. The number of rotatable bonds is 7. The number of hydrogen-bond acceptors (Lipinski definition) is 7. The number of imide groups is 1. The number of hydrogen-bond donors (Lipinski definition) is 2. The van der Waals surface area contributed by atoms with Crippen molar-refractivity contribution in [1.82, 2.24) is 40.6 Å². The lowest BCUT2D eigenvalue weighted by Crippen LogP contribution is -2.47. The standard InChI is InChI=1S/C20H28N8O4/c1-12-8-26(15(29)10-27-17(31)19(2,14-3-4-14)23-18(27)32)9-13(12)7-21-16(30)20(5-6-20)28-11-22-24-25-28/h11-14H,3-10H2,1-2H3,(H,21,30)(H,23,32). The van der Waals surface area contributed by atoms with Gasteiger partial charge in [0, 0.05) is 19.6 Å². The summed E-state index contributed by atoms with van der Waals surface area (Å²) < 4.78 is 1.50. The van der Waals surface area contributed by atoms with Crippen molar-refractivity contribution in [3.05, 3.63) is 6.33 Å². The van der Waals surface area contributed by atoms with Gasteiger partial charge in [0.15, 0.2) is 0 Å².